The lowest BCUT2D eigenvalue weighted by Gasteiger charge is -1.99. The highest BCUT2D eigenvalue weighted by Gasteiger charge is 2.23. The average molecular weight is 266 g/mol. The zero-order valence-electron chi connectivity index (χ0n) is 9.94. The Labute approximate surface area is 107 Å². The quantitative estimate of drug-likeness (QED) is 0.347. The third kappa shape index (κ3) is 3.87. The van der Waals surface area contributed by atoms with Gasteiger partial charge in [-0.2, -0.15) is 0 Å². The summed E-state index contributed by atoms with van der Waals surface area (Å²) in [6.07, 6.45) is 1.00. The topological polar surface area (TPSA) is 113 Å². The van der Waals surface area contributed by atoms with E-state index in [1.807, 2.05) is 0 Å². The largest absolute Gasteiger partial charge is 0.458 e. The molecule has 0 spiro atoms. The van der Waals surface area contributed by atoms with Gasteiger partial charge in [-0.1, -0.05) is 0 Å². The Bertz CT molecular complexity index is 535. The number of benzene rings is 1. The van der Waals surface area contributed by atoms with Crippen molar-refractivity contribution < 1.29 is 19.4 Å². The second-order valence-electron chi connectivity index (χ2n) is 3.36. The zero-order chi connectivity index (χ0) is 14.4. The second kappa shape index (κ2) is 6.24. The summed E-state index contributed by atoms with van der Waals surface area (Å²) in [5.41, 5.74) is -0.572. The fraction of sp³-hybridized carbons (Fsp3) is 0.182. The van der Waals surface area contributed by atoms with Gasteiger partial charge in [0.1, 0.15) is 0 Å². The number of nitro groups is 2. The lowest BCUT2D eigenvalue weighted by Crippen LogP contribution is -2.14. The Morgan fingerprint density at radius 1 is 1.26 bits per heavy atom. The fourth-order valence-electron chi connectivity index (χ4n) is 1.24. The van der Waals surface area contributed by atoms with Gasteiger partial charge in [-0.25, -0.2) is 4.79 Å². The van der Waals surface area contributed by atoms with Gasteiger partial charge in [-0.15, -0.1) is 0 Å². The van der Waals surface area contributed by atoms with Crippen molar-refractivity contribution >= 4 is 17.7 Å². The second-order valence-corrected chi connectivity index (χ2v) is 3.36. The van der Waals surface area contributed by atoms with Crippen LogP contribution in [0.5, 0.6) is 0 Å². The van der Waals surface area contributed by atoms with Crippen LogP contribution < -0.4 is 0 Å². The number of nitro benzene ring substituents is 1. The van der Waals surface area contributed by atoms with Crippen LogP contribution in [-0.4, -0.2) is 22.4 Å². The Balaban J connectivity index is 3.05. The van der Waals surface area contributed by atoms with E-state index in [-0.39, 0.29) is 12.3 Å². The molecule has 0 amide bonds. The van der Waals surface area contributed by atoms with Crippen molar-refractivity contribution in [3.05, 3.63) is 55.8 Å². The third-order valence-corrected chi connectivity index (χ3v) is 2.09. The molecule has 0 saturated carbocycles. The standard InChI is InChI=1S/C11H10N2O6/c1-2-19-11(14)10(13(17)18)7-8-3-5-9(6-4-8)12(15)16/h3-7H,2H2,1H3. The number of ether oxygens (including phenoxy) is 1. The molecule has 0 heterocycles. The van der Waals surface area contributed by atoms with E-state index in [0.29, 0.717) is 5.56 Å². The molecule has 1 rings (SSSR count). The van der Waals surface area contributed by atoms with Gasteiger partial charge in [0.2, 0.25) is 0 Å². The smallest absolute Gasteiger partial charge is 0.409 e. The van der Waals surface area contributed by atoms with Gasteiger partial charge in [0.25, 0.3) is 5.69 Å². The molecule has 19 heavy (non-hydrogen) atoms. The van der Waals surface area contributed by atoms with Gasteiger partial charge in [-0.3, -0.25) is 20.2 Å². The maximum absolute atomic E-state index is 11.3. The van der Waals surface area contributed by atoms with Crippen LogP contribution in [0.2, 0.25) is 0 Å². The van der Waals surface area contributed by atoms with E-state index in [9.17, 15) is 25.0 Å². The van der Waals surface area contributed by atoms with E-state index in [4.69, 9.17) is 0 Å². The van der Waals surface area contributed by atoms with Crippen LogP contribution in [0.4, 0.5) is 5.69 Å². The van der Waals surface area contributed by atoms with E-state index in [1.54, 1.807) is 0 Å². The van der Waals surface area contributed by atoms with Gasteiger partial charge in [0.05, 0.1) is 16.5 Å². The minimum atomic E-state index is -1.05. The predicted octanol–water partition coefficient (Wildman–Crippen LogP) is 1.78. The summed E-state index contributed by atoms with van der Waals surface area (Å²) in [7, 11) is 0. The molecule has 0 fully saturated rings. The highest BCUT2D eigenvalue weighted by Crippen LogP contribution is 2.15. The molecule has 8 nitrogen and oxygen atoms in total. The highest BCUT2D eigenvalue weighted by molar-refractivity contribution is 5.90. The SMILES string of the molecule is CCOC(=O)C(=Cc1ccc([N+](=O)[O-])cc1)[N+](=O)[O-]. The van der Waals surface area contributed by atoms with Gasteiger partial charge in [-0.05, 0) is 24.6 Å². The van der Waals surface area contributed by atoms with E-state index >= 15 is 0 Å². The van der Waals surface area contributed by atoms with Crippen molar-refractivity contribution in [3.63, 3.8) is 0 Å². The predicted molar refractivity (Wildman–Crippen MR) is 64.7 cm³/mol. The minimum absolute atomic E-state index is 0.0181. The van der Waals surface area contributed by atoms with E-state index < -0.39 is 21.5 Å². The van der Waals surface area contributed by atoms with E-state index in [0.717, 1.165) is 6.08 Å². The summed E-state index contributed by atoms with van der Waals surface area (Å²) in [6, 6.07) is 4.99. The zero-order valence-corrected chi connectivity index (χ0v) is 9.94. The number of non-ortho nitro benzene ring substituents is 1. The molecule has 0 N–H and O–H groups in total. The van der Waals surface area contributed by atoms with Crippen LogP contribution in [0.3, 0.4) is 0 Å². The molecule has 0 aromatic heterocycles. The van der Waals surface area contributed by atoms with Crippen LogP contribution in [0, 0.1) is 20.2 Å². The maximum atomic E-state index is 11.3. The number of carbonyl (C=O) groups excluding carboxylic acids is 1. The average Bonchev–Trinajstić information content (AvgIpc) is 2.36. The molecular weight excluding hydrogens is 256 g/mol. The summed E-state index contributed by atoms with van der Waals surface area (Å²) >= 11 is 0. The molecule has 0 aliphatic rings. The number of esters is 1. The first-order valence-electron chi connectivity index (χ1n) is 5.23. The molecule has 8 heteroatoms. The number of carbonyl (C=O) groups is 1. The first-order valence-corrected chi connectivity index (χ1v) is 5.23. The van der Waals surface area contributed by atoms with Crippen LogP contribution >= 0.6 is 0 Å². The van der Waals surface area contributed by atoms with Crippen LogP contribution in [0.15, 0.2) is 30.0 Å². The Hall–Kier alpha value is -2.77. The van der Waals surface area contributed by atoms with Crippen LogP contribution in [-0.2, 0) is 9.53 Å². The van der Waals surface area contributed by atoms with Gasteiger partial charge in [0.15, 0.2) is 0 Å². The maximum Gasteiger partial charge on any atom is 0.409 e. The van der Waals surface area contributed by atoms with E-state index in [2.05, 4.69) is 4.74 Å². The van der Waals surface area contributed by atoms with Crippen molar-refractivity contribution in [1.82, 2.24) is 0 Å². The lowest BCUT2D eigenvalue weighted by atomic mass is 10.2. The molecule has 100 valence electrons. The minimum Gasteiger partial charge on any atom is -0.458 e. The van der Waals surface area contributed by atoms with Crippen molar-refractivity contribution in [2.45, 2.75) is 6.92 Å². The summed E-state index contributed by atoms with van der Waals surface area (Å²) < 4.78 is 4.54. The number of nitrogens with zero attached hydrogens (tertiary/aromatic N) is 2. The van der Waals surface area contributed by atoms with Gasteiger partial charge >= 0.3 is 11.7 Å². The van der Waals surface area contributed by atoms with Crippen molar-refractivity contribution in [2.75, 3.05) is 6.61 Å². The van der Waals surface area contributed by atoms with Gasteiger partial charge < -0.3 is 4.74 Å². The molecule has 0 atom stereocenters. The van der Waals surface area contributed by atoms with Crippen LogP contribution in [0.25, 0.3) is 6.08 Å². The molecule has 0 aliphatic carbocycles. The molecule has 1 aromatic rings. The molecule has 1 aromatic carbocycles. The Morgan fingerprint density at radius 3 is 2.26 bits per heavy atom. The normalized spacial score (nSPS) is 10.9. The summed E-state index contributed by atoms with van der Waals surface area (Å²) in [6.45, 7) is 1.55. The molecular formula is C11H10N2O6. The molecule has 0 saturated heterocycles. The van der Waals surface area contributed by atoms with Crippen molar-refractivity contribution in [1.29, 1.82) is 0 Å². The highest BCUT2D eigenvalue weighted by atomic mass is 16.6. The number of hydrogen-bond donors (Lipinski definition) is 0. The monoisotopic (exact) mass is 266 g/mol. The Kier molecular flexibility index (Phi) is 4.69. The van der Waals surface area contributed by atoms with Crippen LogP contribution in [0.1, 0.15) is 12.5 Å². The lowest BCUT2D eigenvalue weighted by molar-refractivity contribution is -0.419. The fourth-order valence-corrected chi connectivity index (χ4v) is 1.24. The van der Waals surface area contributed by atoms with Gasteiger partial charge in [0, 0.05) is 18.2 Å². The van der Waals surface area contributed by atoms with Crippen molar-refractivity contribution in [3.8, 4) is 0 Å². The summed E-state index contributed by atoms with van der Waals surface area (Å²) in [5.74, 6) is -1.05. The molecule has 0 bridgehead atoms. The van der Waals surface area contributed by atoms with Crippen molar-refractivity contribution in [2.24, 2.45) is 0 Å². The molecule has 0 unspecified atom stereocenters. The number of hydrogen-bond acceptors (Lipinski definition) is 6. The van der Waals surface area contributed by atoms with E-state index in [1.165, 1.54) is 31.2 Å². The Morgan fingerprint density at radius 2 is 1.84 bits per heavy atom. The molecule has 0 aliphatic heterocycles. The first-order chi connectivity index (χ1) is 8.95. The number of rotatable bonds is 5. The summed E-state index contributed by atoms with van der Waals surface area (Å²) in [5, 5.41) is 21.2. The summed E-state index contributed by atoms with van der Waals surface area (Å²) in [4.78, 5) is 31.0. The first kappa shape index (κ1) is 14.3. The third-order valence-electron chi connectivity index (χ3n) is 2.09. The molecule has 0 radical (unpaired) electrons.